The summed E-state index contributed by atoms with van der Waals surface area (Å²) in [7, 11) is 1.66. The molecule has 1 aliphatic rings. The molecule has 110 valence electrons. The molecule has 0 saturated carbocycles. The highest BCUT2D eigenvalue weighted by Gasteiger charge is 2.09. The fourth-order valence-corrected chi connectivity index (χ4v) is 1.94. The van der Waals surface area contributed by atoms with Crippen LogP contribution in [0.3, 0.4) is 0 Å². The molecule has 1 aliphatic carbocycles. The first kappa shape index (κ1) is 16.8. The third kappa shape index (κ3) is 5.33. The van der Waals surface area contributed by atoms with Gasteiger partial charge in [0.05, 0.1) is 7.11 Å². The Morgan fingerprint density at radius 1 is 1.38 bits per heavy atom. The van der Waals surface area contributed by atoms with E-state index in [1.54, 1.807) is 7.11 Å². The molecule has 0 aromatic carbocycles. The van der Waals surface area contributed by atoms with E-state index in [4.69, 9.17) is 4.74 Å². The standard InChI is InChI=1S/C20H24O/c1-6-8-10-18(7-2)15-16(3)17(4)19-11-9-12-20(21-5)14-13-19/h6-11,13-15,17H,2H2,1,3-5H3/b8-6-,16-15+,18-10+. The molecule has 0 amide bonds. The van der Waals surface area contributed by atoms with E-state index in [9.17, 15) is 0 Å². The van der Waals surface area contributed by atoms with Gasteiger partial charge in [-0.3, -0.25) is 0 Å². The third-order valence-electron chi connectivity index (χ3n) is 3.44. The SMILES string of the molecule is C=CC(=C\C=C/C)/C=C(\C)C(C)C1=CC=C=C(OC)C=C1. The van der Waals surface area contributed by atoms with Gasteiger partial charge in [0.15, 0.2) is 5.76 Å². The van der Waals surface area contributed by atoms with Crippen molar-refractivity contribution in [3.05, 3.63) is 89.5 Å². The van der Waals surface area contributed by atoms with Crippen LogP contribution in [0.15, 0.2) is 89.5 Å². The van der Waals surface area contributed by atoms with Crippen molar-refractivity contribution in [2.75, 3.05) is 7.11 Å². The minimum atomic E-state index is 0.324. The van der Waals surface area contributed by atoms with Crippen LogP contribution in [0.25, 0.3) is 0 Å². The molecule has 1 unspecified atom stereocenters. The van der Waals surface area contributed by atoms with Gasteiger partial charge in [-0.1, -0.05) is 67.3 Å². The Bertz CT molecular complexity index is 585. The van der Waals surface area contributed by atoms with Crippen LogP contribution in [0.5, 0.6) is 0 Å². The molecule has 1 rings (SSSR count). The highest BCUT2D eigenvalue weighted by molar-refractivity contribution is 5.41. The number of ether oxygens (including phenoxy) is 1. The van der Waals surface area contributed by atoms with E-state index in [0.717, 1.165) is 11.3 Å². The Morgan fingerprint density at radius 2 is 2.14 bits per heavy atom. The van der Waals surface area contributed by atoms with Crippen molar-refractivity contribution in [3.8, 4) is 0 Å². The molecule has 1 heteroatoms. The van der Waals surface area contributed by atoms with E-state index in [0.29, 0.717) is 5.92 Å². The molecular weight excluding hydrogens is 256 g/mol. The Balaban J connectivity index is 2.94. The van der Waals surface area contributed by atoms with Gasteiger partial charge < -0.3 is 4.74 Å². The second-order valence-electron chi connectivity index (χ2n) is 4.89. The molecule has 1 nitrogen and oxygen atoms in total. The molecule has 0 bridgehead atoms. The van der Waals surface area contributed by atoms with Gasteiger partial charge in [-0.15, -0.1) is 0 Å². The van der Waals surface area contributed by atoms with Gasteiger partial charge in [-0.2, -0.15) is 0 Å². The van der Waals surface area contributed by atoms with Crippen LogP contribution in [0, 0.1) is 5.92 Å². The monoisotopic (exact) mass is 280 g/mol. The summed E-state index contributed by atoms with van der Waals surface area (Å²) in [5, 5.41) is 0. The summed E-state index contributed by atoms with van der Waals surface area (Å²) in [6, 6.07) is 0. The molecule has 21 heavy (non-hydrogen) atoms. The Morgan fingerprint density at radius 3 is 2.76 bits per heavy atom. The second kappa shape index (κ2) is 8.84. The van der Waals surface area contributed by atoms with Gasteiger partial charge in [-0.05, 0) is 37.1 Å². The van der Waals surface area contributed by atoms with Crippen LogP contribution in [-0.2, 0) is 4.74 Å². The van der Waals surface area contributed by atoms with Crippen LogP contribution >= 0.6 is 0 Å². The summed E-state index contributed by atoms with van der Waals surface area (Å²) >= 11 is 0. The second-order valence-corrected chi connectivity index (χ2v) is 4.89. The molecule has 0 fully saturated rings. The molecule has 1 atom stereocenters. The summed E-state index contributed by atoms with van der Waals surface area (Å²) in [4.78, 5) is 0. The van der Waals surface area contributed by atoms with Crippen molar-refractivity contribution < 1.29 is 4.74 Å². The highest BCUT2D eigenvalue weighted by Crippen LogP contribution is 2.24. The van der Waals surface area contributed by atoms with Gasteiger partial charge in [0.1, 0.15) is 0 Å². The molecular formula is C20H24O. The van der Waals surface area contributed by atoms with Crippen LogP contribution in [0.1, 0.15) is 20.8 Å². The molecule has 0 heterocycles. The Hall–Kier alpha value is -2.24. The van der Waals surface area contributed by atoms with Crippen molar-refractivity contribution in [1.82, 2.24) is 0 Å². The van der Waals surface area contributed by atoms with E-state index in [1.807, 2.05) is 37.3 Å². The predicted octanol–water partition coefficient (Wildman–Crippen LogP) is 5.44. The van der Waals surface area contributed by atoms with E-state index in [-0.39, 0.29) is 0 Å². The van der Waals surface area contributed by atoms with E-state index in [1.165, 1.54) is 11.1 Å². The van der Waals surface area contributed by atoms with E-state index in [2.05, 4.69) is 50.5 Å². The number of hydrogen-bond acceptors (Lipinski definition) is 1. The zero-order valence-electron chi connectivity index (χ0n) is 13.4. The normalized spacial score (nSPS) is 17.3. The quantitative estimate of drug-likeness (QED) is 0.465. The van der Waals surface area contributed by atoms with Gasteiger partial charge in [-0.25, -0.2) is 0 Å². The molecule has 0 aromatic rings. The van der Waals surface area contributed by atoms with Crippen LogP contribution in [-0.4, -0.2) is 7.11 Å². The summed E-state index contributed by atoms with van der Waals surface area (Å²) in [5.74, 6) is 1.07. The number of allylic oxidation sites excluding steroid dienone is 11. The average molecular weight is 280 g/mol. The smallest absolute Gasteiger partial charge is 0.161 e. The number of hydrogen-bond donors (Lipinski definition) is 0. The van der Waals surface area contributed by atoms with Gasteiger partial charge in [0.2, 0.25) is 0 Å². The lowest BCUT2D eigenvalue weighted by atomic mass is 9.91. The zero-order chi connectivity index (χ0) is 15.7. The Kier molecular flexibility index (Phi) is 7.08. The maximum absolute atomic E-state index is 5.20. The van der Waals surface area contributed by atoms with Crippen LogP contribution in [0.4, 0.5) is 0 Å². The molecule has 0 aromatic heterocycles. The van der Waals surface area contributed by atoms with E-state index >= 15 is 0 Å². The highest BCUT2D eigenvalue weighted by atomic mass is 16.5. The van der Waals surface area contributed by atoms with Crippen molar-refractivity contribution in [1.29, 1.82) is 0 Å². The predicted molar refractivity (Wildman–Crippen MR) is 91.8 cm³/mol. The average Bonchev–Trinajstić information content (AvgIpc) is 2.75. The lowest BCUT2D eigenvalue weighted by Crippen LogP contribution is -1.99. The summed E-state index contributed by atoms with van der Waals surface area (Å²) in [6.07, 6.45) is 18.2. The number of rotatable bonds is 6. The summed E-state index contributed by atoms with van der Waals surface area (Å²) < 4.78 is 5.20. The van der Waals surface area contributed by atoms with Crippen LogP contribution < -0.4 is 0 Å². The lowest BCUT2D eigenvalue weighted by Gasteiger charge is -2.14. The molecule has 0 N–H and O–H groups in total. The summed E-state index contributed by atoms with van der Waals surface area (Å²) in [5.41, 5.74) is 6.72. The largest absolute Gasteiger partial charge is 0.489 e. The molecule has 0 radical (unpaired) electrons. The minimum absolute atomic E-state index is 0.324. The molecule has 0 aliphatic heterocycles. The zero-order valence-corrected chi connectivity index (χ0v) is 13.4. The van der Waals surface area contributed by atoms with Crippen molar-refractivity contribution in [2.45, 2.75) is 20.8 Å². The van der Waals surface area contributed by atoms with Crippen LogP contribution in [0.2, 0.25) is 0 Å². The third-order valence-corrected chi connectivity index (χ3v) is 3.44. The topological polar surface area (TPSA) is 9.23 Å². The molecule has 0 spiro atoms. The fraction of sp³-hybridized carbons (Fsp3) is 0.250. The summed E-state index contributed by atoms with van der Waals surface area (Å²) in [6.45, 7) is 10.2. The van der Waals surface area contributed by atoms with E-state index < -0.39 is 0 Å². The maximum atomic E-state index is 5.20. The van der Waals surface area contributed by atoms with Gasteiger partial charge in [0.25, 0.3) is 0 Å². The maximum Gasteiger partial charge on any atom is 0.161 e. The minimum Gasteiger partial charge on any atom is -0.489 e. The first-order valence-electron chi connectivity index (χ1n) is 7.15. The fourth-order valence-electron chi connectivity index (χ4n) is 1.94. The first-order chi connectivity index (χ1) is 10.1. The molecule has 0 saturated heterocycles. The number of methoxy groups -OCH3 is 1. The van der Waals surface area contributed by atoms with Gasteiger partial charge in [0, 0.05) is 5.92 Å². The first-order valence-corrected chi connectivity index (χ1v) is 7.15. The lowest BCUT2D eigenvalue weighted by molar-refractivity contribution is 0.308. The van der Waals surface area contributed by atoms with Gasteiger partial charge >= 0.3 is 0 Å². The Labute approximate surface area is 128 Å². The van der Waals surface area contributed by atoms with Crippen molar-refractivity contribution in [3.63, 3.8) is 0 Å². The van der Waals surface area contributed by atoms with Crippen molar-refractivity contribution in [2.24, 2.45) is 5.92 Å². The van der Waals surface area contributed by atoms with Crippen molar-refractivity contribution >= 4 is 0 Å².